The summed E-state index contributed by atoms with van der Waals surface area (Å²) in [7, 11) is 0. The molecule has 0 aliphatic heterocycles. The van der Waals surface area contributed by atoms with E-state index in [1.54, 1.807) is 16.8 Å². The summed E-state index contributed by atoms with van der Waals surface area (Å²) in [6.45, 7) is 5.79. The number of rotatable bonds is 6. The second-order valence-electron chi connectivity index (χ2n) is 9.86. The molecule has 1 saturated carbocycles. The van der Waals surface area contributed by atoms with Crippen molar-refractivity contribution in [3.05, 3.63) is 69.0 Å². The van der Waals surface area contributed by atoms with Crippen LogP contribution in [-0.2, 0) is 11.3 Å². The second-order valence-corrected chi connectivity index (χ2v) is 9.86. The zero-order valence-corrected chi connectivity index (χ0v) is 20.7. The zero-order chi connectivity index (χ0) is 26.2. The number of alkyl carbamates (subject to hydrolysis) is 1. The van der Waals surface area contributed by atoms with Crippen molar-refractivity contribution >= 4 is 29.3 Å². The number of imidazole rings is 1. The molecule has 5 N–H and O–H groups in total. The second kappa shape index (κ2) is 9.45. The summed E-state index contributed by atoms with van der Waals surface area (Å²) >= 11 is 0. The molecule has 1 fully saturated rings. The molecule has 37 heavy (non-hydrogen) atoms. The summed E-state index contributed by atoms with van der Waals surface area (Å²) < 4.78 is 6.91. The summed E-state index contributed by atoms with van der Waals surface area (Å²) in [5.74, 6) is 0.302. The molecule has 0 atom stereocenters. The fourth-order valence-corrected chi connectivity index (χ4v) is 3.60. The third-order valence-corrected chi connectivity index (χ3v) is 5.44. The quantitative estimate of drug-likeness (QED) is 0.268. The summed E-state index contributed by atoms with van der Waals surface area (Å²) in [6.07, 6.45) is 4.80. The van der Waals surface area contributed by atoms with Crippen LogP contribution in [0.15, 0.2) is 46.3 Å². The molecule has 0 spiro atoms. The highest BCUT2D eigenvalue weighted by molar-refractivity contribution is 5.68. The van der Waals surface area contributed by atoms with E-state index >= 15 is 0 Å². The molecule has 192 valence electrons. The van der Waals surface area contributed by atoms with Crippen molar-refractivity contribution in [2.45, 2.75) is 51.8 Å². The molecule has 4 aromatic rings. The van der Waals surface area contributed by atoms with Crippen LogP contribution in [0.1, 0.15) is 44.9 Å². The zero-order valence-electron chi connectivity index (χ0n) is 20.7. The molecule has 0 bridgehead atoms. The van der Waals surface area contributed by atoms with Gasteiger partial charge in [-0.15, -0.1) is 0 Å². The molecule has 1 amide bonds. The van der Waals surface area contributed by atoms with Gasteiger partial charge in [0.25, 0.3) is 0 Å². The molecule has 3 aromatic heterocycles. The van der Waals surface area contributed by atoms with E-state index in [4.69, 9.17) is 14.7 Å². The SMILES string of the molecule is CC(C)(C)OC(=O)NCc1ccc(Nc2cc(=NC3CC3)n3nc/c(=C/c4[nH]c(=O)[nH]c4O)c3n2)cc1. The minimum absolute atomic E-state index is 0.233. The minimum Gasteiger partial charge on any atom is -0.493 e. The van der Waals surface area contributed by atoms with E-state index in [0.717, 1.165) is 24.1 Å². The van der Waals surface area contributed by atoms with Gasteiger partial charge in [-0.1, -0.05) is 12.1 Å². The maximum Gasteiger partial charge on any atom is 0.407 e. The monoisotopic (exact) mass is 504 g/mol. The lowest BCUT2D eigenvalue weighted by molar-refractivity contribution is 0.0523. The van der Waals surface area contributed by atoms with Gasteiger partial charge in [0.05, 0.1) is 12.2 Å². The van der Waals surface area contributed by atoms with Gasteiger partial charge in [-0.2, -0.15) is 9.61 Å². The summed E-state index contributed by atoms with van der Waals surface area (Å²) in [5, 5.41) is 21.0. The Bertz CT molecular complexity index is 1620. The number of benzene rings is 1. The van der Waals surface area contributed by atoms with Crippen LogP contribution in [0.4, 0.5) is 16.3 Å². The average Bonchev–Trinajstić information content (AvgIpc) is 3.46. The maximum absolute atomic E-state index is 11.9. The first-order valence-corrected chi connectivity index (χ1v) is 11.9. The number of carbonyl (C=O) groups is 1. The van der Waals surface area contributed by atoms with Crippen LogP contribution in [0.3, 0.4) is 0 Å². The number of amides is 1. The highest BCUT2D eigenvalue weighted by Gasteiger charge is 2.20. The molecule has 3 heterocycles. The van der Waals surface area contributed by atoms with E-state index in [9.17, 15) is 14.7 Å². The van der Waals surface area contributed by atoms with Gasteiger partial charge in [0.1, 0.15) is 17.1 Å². The third-order valence-electron chi connectivity index (χ3n) is 5.44. The van der Waals surface area contributed by atoms with Crippen LogP contribution in [0.25, 0.3) is 11.7 Å². The summed E-state index contributed by atoms with van der Waals surface area (Å²) in [4.78, 5) is 37.7. The lowest BCUT2D eigenvalue weighted by Crippen LogP contribution is -2.32. The predicted molar refractivity (Wildman–Crippen MR) is 136 cm³/mol. The number of ether oxygens (including phenoxy) is 1. The first-order chi connectivity index (χ1) is 17.6. The number of aromatic nitrogens is 5. The highest BCUT2D eigenvalue weighted by Crippen LogP contribution is 2.23. The number of aromatic hydroxyl groups is 1. The van der Waals surface area contributed by atoms with E-state index in [1.165, 1.54) is 0 Å². The number of aromatic amines is 2. The molecule has 5 rings (SSSR count). The fourth-order valence-electron chi connectivity index (χ4n) is 3.60. The Morgan fingerprint density at radius 1 is 1.27 bits per heavy atom. The topological polar surface area (TPSA) is 162 Å². The van der Waals surface area contributed by atoms with E-state index in [2.05, 4.69) is 25.7 Å². The number of hydrogen-bond acceptors (Lipinski definition) is 8. The van der Waals surface area contributed by atoms with Crippen LogP contribution >= 0.6 is 0 Å². The Labute approximate surface area is 211 Å². The van der Waals surface area contributed by atoms with E-state index in [-0.39, 0.29) is 17.6 Å². The van der Waals surface area contributed by atoms with E-state index in [0.29, 0.717) is 28.7 Å². The lowest BCUT2D eigenvalue weighted by atomic mass is 10.2. The molecule has 1 aliphatic carbocycles. The molecular formula is C25H28N8O4. The molecule has 12 heteroatoms. The van der Waals surface area contributed by atoms with Crippen molar-refractivity contribution in [2.24, 2.45) is 4.99 Å². The normalized spacial score (nSPS) is 14.8. The molecule has 12 nitrogen and oxygen atoms in total. The van der Waals surface area contributed by atoms with Crippen LogP contribution in [0.5, 0.6) is 5.88 Å². The molecule has 1 aromatic carbocycles. The molecular weight excluding hydrogens is 476 g/mol. The fraction of sp³-hybridized carbons (Fsp3) is 0.320. The number of carbonyl (C=O) groups excluding carboxylic acids is 1. The van der Waals surface area contributed by atoms with Gasteiger partial charge in [0.2, 0.25) is 5.88 Å². The van der Waals surface area contributed by atoms with Crippen molar-refractivity contribution in [3.8, 4) is 5.88 Å². The Hall–Kier alpha value is -4.61. The van der Waals surface area contributed by atoms with Crippen molar-refractivity contribution in [2.75, 3.05) is 5.32 Å². The van der Waals surface area contributed by atoms with E-state index in [1.807, 2.05) is 51.1 Å². The number of nitrogens with zero attached hydrogens (tertiary/aromatic N) is 4. The Morgan fingerprint density at radius 2 is 2.03 bits per heavy atom. The number of H-pyrrole nitrogens is 2. The van der Waals surface area contributed by atoms with Gasteiger partial charge in [0.15, 0.2) is 11.1 Å². The molecule has 0 radical (unpaired) electrons. The van der Waals surface area contributed by atoms with Gasteiger partial charge >= 0.3 is 11.8 Å². The first-order valence-electron chi connectivity index (χ1n) is 11.9. The van der Waals surface area contributed by atoms with Crippen molar-refractivity contribution in [1.82, 2.24) is 29.9 Å². The third kappa shape index (κ3) is 5.97. The lowest BCUT2D eigenvalue weighted by Gasteiger charge is -2.19. The Morgan fingerprint density at radius 3 is 2.68 bits per heavy atom. The van der Waals surface area contributed by atoms with Crippen LogP contribution in [0.2, 0.25) is 0 Å². The first kappa shape index (κ1) is 24.1. The van der Waals surface area contributed by atoms with Gasteiger partial charge < -0.3 is 25.5 Å². The summed E-state index contributed by atoms with van der Waals surface area (Å²) in [5.41, 5.74) is 2.05. The van der Waals surface area contributed by atoms with Crippen molar-refractivity contribution in [3.63, 3.8) is 0 Å². The van der Waals surface area contributed by atoms with Gasteiger partial charge in [-0.05, 0) is 57.4 Å². The van der Waals surface area contributed by atoms with Gasteiger partial charge in [-0.3, -0.25) is 9.98 Å². The van der Waals surface area contributed by atoms with Crippen LogP contribution < -0.4 is 27.0 Å². The number of fused-ring (bicyclic) bond motifs is 1. The number of hydrogen-bond donors (Lipinski definition) is 5. The van der Waals surface area contributed by atoms with Gasteiger partial charge in [-0.25, -0.2) is 14.6 Å². The molecule has 0 saturated heterocycles. The van der Waals surface area contributed by atoms with Crippen molar-refractivity contribution in [1.29, 1.82) is 0 Å². The standard InChI is InChI=1S/C25H28N8O4/c1-25(2,3)37-24(36)26-12-14-4-6-16(7-5-14)28-19-11-20(29-17-8-9-17)33-21(31-19)15(13-27-33)10-18-22(34)32-23(35)30-18/h4-7,10-11,13,17,28,34H,8-9,12H2,1-3H3,(H,26,36)(H2,30,32,35)/b15-10-,29-20?. The van der Waals surface area contributed by atoms with E-state index < -0.39 is 17.4 Å². The Kier molecular flexibility index (Phi) is 6.15. The number of nitrogens with one attached hydrogen (secondary N) is 4. The largest absolute Gasteiger partial charge is 0.493 e. The number of anilines is 2. The maximum atomic E-state index is 11.9. The van der Waals surface area contributed by atoms with Crippen LogP contribution in [-0.4, -0.2) is 47.4 Å². The molecule has 0 unspecified atom stereocenters. The predicted octanol–water partition coefficient (Wildman–Crippen LogP) is 1.83. The summed E-state index contributed by atoms with van der Waals surface area (Å²) in [6, 6.07) is 9.67. The van der Waals surface area contributed by atoms with Gasteiger partial charge in [0, 0.05) is 23.5 Å². The molecule has 1 aliphatic rings. The highest BCUT2D eigenvalue weighted by atomic mass is 16.6. The Balaban J connectivity index is 1.41. The van der Waals surface area contributed by atoms with Crippen molar-refractivity contribution < 1.29 is 14.6 Å². The average molecular weight is 505 g/mol. The smallest absolute Gasteiger partial charge is 0.407 e. The minimum atomic E-state index is -0.553. The van der Waals surface area contributed by atoms with Crippen LogP contribution in [0, 0.1) is 0 Å².